The average molecular weight is 356 g/mol. The quantitative estimate of drug-likeness (QED) is 0.712. The highest BCUT2D eigenvalue weighted by Crippen LogP contribution is 2.50. The molecule has 1 aliphatic rings. The lowest BCUT2D eigenvalue weighted by Gasteiger charge is -2.16. The summed E-state index contributed by atoms with van der Waals surface area (Å²) in [5, 5.41) is 1.17. The predicted molar refractivity (Wildman–Crippen MR) is 97.4 cm³/mol. The van der Waals surface area contributed by atoms with E-state index in [1.54, 1.807) is 31.4 Å². The van der Waals surface area contributed by atoms with E-state index in [2.05, 4.69) is 15.8 Å². The van der Waals surface area contributed by atoms with E-state index in [1.165, 1.54) is 10.9 Å². The highest BCUT2D eigenvalue weighted by molar-refractivity contribution is 7.89. The molecule has 0 saturated heterocycles. The van der Waals surface area contributed by atoms with E-state index in [0.29, 0.717) is 12.3 Å². The van der Waals surface area contributed by atoms with Gasteiger partial charge in [0.1, 0.15) is 5.75 Å². The second-order valence-electron chi connectivity index (χ2n) is 6.53. The summed E-state index contributed by atoms with van der Waals surface area (Å²) < 4.78 is 33.0. The van der Waals surface area contributed by atoms with Gasteiger partial charge in [0.2, 0.25) is 10.0 Å². The first-order valence-corrected chi connectivity index (χ1v) is 9.73. The Kier molecular flexibility index (Phi) is 3.81. The molecule has 0 amide bonds. The molecule has 1 saturated carbocycles. The lowest BCUT2D eigenvalue weighted by molar-refractivity contribution is 0.414. The van der Waals surface area contributed by atoms with Crippen LogP contribution in [0.2, 0.25) is 0 Å². The van der Waals surface area contributed by atoms with Crippen molar-refractivity contribution in [3.05, 3.63) is 60.3 Å². The van der Waals surface area contributed by atoms with Crippen LogP contribution in [-0.4, -0.2) is 27.1 Å². The number of hydrogen-bond acceptors (Lipinski definition) is 3. The standard InChI is InChI=1S/C19H20N2O3S/c1-24-14-6-8-15(9-7-14)25(22,23)21-13-19(10-11-19)17-12-20-18-5-3-2-4-16(17)18/h2-9,12,20-21H,10-11,13H2,1H3. The number of benzene rings is 2. The number of hydrogen-bond donors (Lipinski definition) is 2. The summed E-state index contributed by atoms with van der Waals surface area (Å²) in [6.45, 7) is 0.406. The van der Waals surface area contributed by atoms with Gasteiger partial charge in [0.25, 0.3) is 0 Å². The van der Waals surface area contributed by atoms with Crippen LogP contribution in [0, 0.1) is 0 Å². The van der Waals surface area contributed by atoms with Gasteiger partial charge in [0, 0.05) is 29.1 Å². The molecule has 1 aliphatic carbocycles. The molecule has 5 nitrogen and oxygen atoms in total. The molecule has 2 N–H and O–H groups in total. The molecule has 1 heterocycles. The van der Waals surface area contributed by atoms with Gasteiger partial charge in [-0.1, -0.05) is 18.2 Å². The van der Waals surface area contributed by atoms with Crippen molar-refractivity contribution in [2.75, 3.05) is 13.7 Å². The number of fused-ring (bicyclic) bond motifs is 1. The lowest BCUT2D eigenvalue weighted by atomic mass is 9.96. The largest absolute Gasteiger partial charge is 0.497 e. The maximum absolute atomic E-state index is 12.6. The number of aromatic nitrogens is 1. The van der Waals surface area contributed by atoms with E-state index < -0.39 is 10.0 Å². The molecule has 0 atom stereocenters. The van der Waals surface area contributed by atoms with Gasteiger partial charge in [-0.3, -0.25) is 0 Å². The van der Waals surface area contributed by atoms with Crippen molar-refractivity contribution >= 4 is 20.9 Å². The molecule has 1 aromatic heterocycles. The number of rotatable bonds is 6. The molecule has 0 bridgehead atoms. The van der Waals surface area contributed by atoms with Crippen molar-refractivity contribution < 1.29 is 13.2 Å². The van der Waals surface area contributed by atoms with Crippen LogP contribution in [-0.2, 0) is 15.4 Å². The molecule has 25 heavy (non-hydrogen) atoms. The van der Waals surface area contributed by atoms with Crippen LogP contribution in [0.3, 0.4) is 0 Å². The minimum absolute atomic E-state index is 0.112. The van der Waals surface area contributed by atoms with Crippen LogP contribution >= 0.6 is 0 Å². The summed E-state index contributed by atoms with van der Waals surface area (Å²) >= 11 is 0. The zero-order valence-electron chi connectivity index (χ0n) is 14.0. The molecule has 6 heteroatoms. The Morgan fingerprint density at radius 2 is 1.84 bits per heavy atom. The summed E-state index contributed by atoms with van der Waals surface area (Å²) in [4.78, 5) is 3.54. The first-order valence-electron chi connectivity index (χ1n) is 8.24. The molecule has 4 rings (SSSR count). The molecular weight excluding hydrogens is 336 g/mol. The number of methoxy groups -OCH3 is 1. The first kappa shape index (κ1) is 16.2. The van der Waals surface area contributed by atoms with Crippen molar-refractivity contribution in [3.8, 4) is 5.75 Å². The van der Waals surface area contributed by atoms with Gasteiger partial charge in [-0.15, -0.1) is 0 Å². The molecule has 3 aromatic rings. The number of nitrogens with one attached hydrogen (secondary N) is 2. The third-order valence-electron chi connectivity index (χ3n) is 4.98. The number of para-hydroxylation sites is 1. The third kappa shape index (κ3) is 2.92. The molecule has 0 unspecified atom stereocenters. The van der Waals surface area contributed by atoms with E-state index in [1.807, 2.05) is 24.4 Å². The van der Waals surface area contributed by atoms with E-state index in [0.717, 1.165) is 18.4 Å². The zero-order valence-corrected chi connectivity index (χ0v) is 14.8. The number of ether oxygens (including phenoxy) is 1. The molecule has 130 valence electrons. The van der Waals surface area contributed by atoms with Crippen LogP contribution in [0.4, 0.5) is 0 Å². The SMILES string of the molecule is COc1ccc(S(=O)(=O)NCC2(c3c[nH]c4ccccc34)CC2)cc1. The highest BCUT2D eigenvalue weighted by Gasteiger charge is 2.46. The van der Waals surface area contributed by atoms with Crippen LogP contribution in [0.25, 0.3) is 10.9 Å². The third-order valence-corrected chi connectivity index (χ3v) is 6.40. The van der Waals surface area contributed by atoms with Gasteiger partial charge in [-0.25, -0.2) is 13.1 Å². The van der Waals surface area contributed by atoms with Gasteiger partial charge in [-0.05, 0) is 48.7 Å². The minimum Gasteiger partial charge on any atom is -0.497 e. The Hall–Kier alpha value is -2.31. The Morgan fingerprint density at radius 3 is 2.52 bits per heavy atom. The molecule has 1 fully saturated rings. The van der Waals surface area contributed by atoms with Gasteiger partial charge in [0.05, 0.1) is 12.0 Å². The molecular formula is C19H20N2O3S. The predicted octanol–water partition coefficient (Wildman–Crippen LogP) is 3.19. The first-order chi connectivity index (χ1) is 12.0. The average Bonchev–Trinajstić information content (AvgIpc) is 3.31. The normalized spacial score (nSPS) is 16.0. The number of H-pyrrole nitrogens is 1. The van der Waals surface area contributed by atoms with Gasteiger partial charge in [-0.2, -0.15) is 0 Å². The molecule has 0 radical (unpaired) electrons. The minimum atomic E-state index is -3.54. The fourth-order valence-corrected chi connectivity index (χ4v) is 4.40. The van der Waals surface area contributed by atoms with Crippen molar-refractivity contribution in [1.29, 1.82) is 0 Å². The summed E-state index contributed by atoms with van der Waals surface area (Å²) in [6, 6.07) is 14.6. The van der Waals surface area contributed by atoms with Gasteiger partial charge in [0.15, 0.2) is 0 Å². The van der Waals surface area contributed by atoms with Crippen LogP contribution in [0.15, 0.2) is 59.6 Å². The lowest BCUT2D eigenvalue weighted by Crippen LogP contribution is -2.32. The fourth-order valence-electron chi connectivity index (χ4n) is 3.27. The Bertz CT molecular complexity index is 1000. The van der Waals surface area contributed by atoms with E-state index in [9.17, 15) is 8.42 Å². The number of sulfonamides is 1. The summed E-state index contributed by atoms with van der Waals surface area (Å²) in [5.74, 6) is 0.636. The summed E-state index contributed by atoms with van der Waals surface area (Å²) in [6.07, 6.45) is 3.99. The fraction of sp³-hybridized carbons (Fsp3) is 0.263. The van der Waals surface area contributed by atoms with Crippen LogP contribution in [0.5, 0.6) is 5.75 Å². The smallest absolute Gasteiger partial charge is 0.240 e. The summed E-state index contributed by atoms with van der Waals surface area (Å²) in [5.41, 5.74) is 2.17. The Balaban J connectivity index is 1.55. The van der Waals surface area contributed by atoms with Crippen molar-refractivity contribution in [2.24, 2.45) is 0 Å². The second-order valence-corrected chi connectivity index (χ2v) is 8.30. The van der Waals surface area contributed by atoms with Gasteiger partial charge >= 0.3 is 0 Å². The highest BCUT2D eigenvalue weighted by atomic mass is 32.2. The molecule has 2 aromatic carbocycles. The second kappa shape index (κ2) is 5.89. The van der Waals surface area contributed by atoms with E-state index in [-0.39, 0.29) is 10.3 Å². The number of aromatic amines is 1. The Morgan fingerprint density at radius 1 is 1.12 bits per heavy atom. The maximum Gasteiger partial charge on any atom is 0.240 e. The van der Waals surface area contributed by atoms with Crippen LogP contribution in [0.1, 0.15) is 18.4 Å². The maximum atomic E-state index is 12.6. The monoisotopic (exact) mass is 356 g/mol. The van der Waals surface area contributed by atoms with Crippen molar-refractivity contribution in [2.45, 2.75) is 23.2 Å². The Labute approximate surface area is 147 Å². The zero-order chi connectivity index (χ0) is 17.5. The van der Waals surface area contributed by atoms with Crippen molar-refractivity contribution in [1.82, 2.24) is 9.71 Å². The topological polar surface area (TPSA) is 71.2 Å². The summed E-state index contributed by atoms with van der Waals surface area (Å²) in [7, 11) is -1.98. The van der Waals surface area contributed by atoms with Crippen LogP contribution < -0.4 is 9.46 Å². The van der Waals surface area contributed by atoms with Gasteiger partial charge < -0.3 is 9.72 Å². The molecule has 0 aliphatic heterocycles. The van der Waals surface area contributed by atoms with E-state index in [4.69, 9.17) is 4.74 Å². The van der Waals surface area contributed by atoms with E-state index >= 15 is 0 Å². The molecule has 0 spiro atoms. The van der Waals surface area contributed by atoms with Crippen molar-refractivity contribution in [3.63, 3.8) is 0 Å².